The number of anilines is 1. The van der Waals surface area contributed by atoms with Gasteiger partial charge in [-0.3, -0.25) is 9.59 Å². The summed E-state index contributed by atoms with van der Waals surface area (Å²) in [6.45, 7) is 2.33. The van der Waals surface area contributed by atoms with E-state index in [0.717, 1.165) is 23.2 Å². The van der Waals surface area contributed by atoms with Crippen molar-refractivity contribution in [1.82, 2.24) is 5.32 Å². The van der Waals surface area contributed by atoms with Crippen LogP contribution in [-0.4, -0.2) is 29.4 Å². The summed E-state index contributed by atoms with van der Waals surface area (Å²) in [6, 6.07) is 8.45. The van der Waals surface area contributed by atoms with Crippen molar-refractivity contribution in [3.8, 4) is 0 Å². The maximum absolute atomic E-state index is 12.1. The third kappa shape index (κ3) is 3.40. The second-order valence-corrected chi connectivity index (χ2v) is 5.83. The minimum atomic E-state index is -1.23. The summed E-state index contributed by atoms with van der Waals surface area (Å²) < 4.78 is 4.95. The molecule has 1 aromatic heterocycles. The molecule has 25 heavy (non-hydrogen) atoms. The van der Waals surface area contributed by atoms with E-state index in [9.17, 15) is 14.4 Å². The van der Waals surface area contributed by atoms with Crippen molar-refractivity contribution in [2.75, 3.05) is 11.9 Å². The number of aromatic carboxylic acids is 1. The molecule has 1 unspecified atom stereocenters. The van der Waals surface area contributed by atoms with E-state index in [1.54, 1.807) is 0 Å². The molecule has 1 aliphatic rings. The smallest absolute Gasteiger partial charge is 0.371 e. The summed E-state index contributed by atoms with van der Waals surface area (Å²) in [4.78, 5) is 34.9. The SMILES string of the molecule is CCc1ccc2c(c1)C(CCNC(=O)c1ccc(C(=O)O)o1)C(=O)N2. The van der Waals surface area contributed by atoms with E-state index < -0.39 is 11.9 Å². The van der Waals surface area contributed by atoms with E-state index in [1.807, 2.05) is 18.2 Å². The number of hydrogen-bond acceptors (Lipinski definition) is 4. The normalized spacial score (nSPS) is 15.6. The number of carbonyl (C=O) groups excluding carboxylic acids is 2. The molecule has 0 bridgehead atoms. The molecule has 0 radical (unpaired) electrons. The number of fused-ring (bicyclic) bond motifs is 1. The molecule has 0 saturated heterocycles. The predicted molar refractivity (Wildman–Crippen MR) is 89.8 cm³/mol. The average molecular weight is 342 g/mol. The van der Waals surface area contributed by atoms with Crippen LogP contribution in [0.2, 0.25) is 0 Å². The molecule has 0 aliphatic carbocycles. The highest BCUT2D eigenvalue weighted by Crippen LogP contribution is 2.35. The van der Waals surface area contributed by atoms with Crippen LogP contribution in [0.15, 0.2) is 34.7 Å². The van der Waals surface area contributed by atoms with Gasteiger partial charge in [-0.15, -0.1) is 0 Å². The van der Waals surface area contributed by atoms with Crippen LogP contribution < -0.4 is 10.6 Å². The van der Waals surface area contributed by atoms with Crippen LogP contribution in [0, 0.1) is 0 Å². The summed E-state index contributed by atoms with van der Waals surface area (Å²) in [5.74, 6) is -2.49. The van der Waals surface area contributed by atoms with Gasteiger partial charge in [-0.05, 0) is 42.2 Å². The fourth-order valence-corrected chi connectivity index (χ4v) is 2.87. The molecule has 1 aliphatic heterocycles. The predicted octanol–water partition coefficient (Wildman–Crippen LogP) is 2.40. The lowest BCUT2D eigenvalue weighted by Crippen LogP contribution is -2.26. The van der Waals surface area contributed by atoms with Gasteiger partial charge in [-0.2, -0.15) is 0 Å². The molecule has 1 atom stereocenters. The third-order valence-electron chi connectivity index (χ3n) is 4.23. The van der Waals surface area contributed by atoms with Crippen molar-refractivity contribution < 1.29 is 23.9 Å². The van der Waals surface area contributed by atoms with Crippen molar-refractivity contribution in [1.29, 1.82) is 0 Å². The molecule has 0 spiro atoms. The van der Waals surface area contributed by atoms with Crippen LogP contribution in [0.3, 0.4) is 0 Å². The first-order chi connectivity index (χ1) is 12.0. The Kier molecular flexibility index (Phi) is 4.56. The standard InChI is InChI=1S/C18H18N2O5/c1-2-10-3-4-13-12(9-10)11(16(21)20-13)7-8-19-17(22)14-5-6-15(25-14)18(23)24/h3-6,9,11H,2,7-8H2,1H3,(H,19,22)(H,20,21)(H,23,24). The van der Waals surface area contributed by atoms with Gasteiger partial charge >= 0.3 is 5.97 Å². The highest BCUT2D eigenvalue weighted by molar-refractivity contribution is 6.03. The molecular formula is C18H18N2O5. The minimum absolute atomic E-state index is 0.0676. The maximum Gasteiger partial charge on any atom is 0.371 e. The van der Waals surface area contributed by atoms with Gasteiger partial charge in [0, 0.05) is 12.2 Å². The van der Waals surface area contributed by atoms with E-state index in [0.29, 0.717) is 6.42 Å². The van der Waals surface area contributed by atoms with Gasteiger partial charge in [0.25, 0.3) is 5.91 Å². The fourth-order valence-electron chi connectivity index (χ4n) is 2.87. The number of amides is 2. The number of carbonyl (C=O) groups is 3. The molecule has 130 valence electrons. The zero-order valence-corrected chi connectivity index (χ0v) is 13.7. The van der Waals surface area contributed by atoms with Crippen molar-refractivity contribution >= 4 is 23.5 Å². The number of benzene rings is 1. The zero-order valence-electron chi connectivity index (χ0n) is 13.7. The maximum atomic E-state index is 12.1. The zero-order chi connectivity index (χ0) is 18.0. The van der Waals surface area contributed by atoms with E-state index in [4.69, 9.17) is 9.52 Å². The summed E-state index contributed by atoms with van der Waals surface area (Å²) in [6.07, 6.45) is 1.33. The van der Waals surface area contributed by atoms with Crippen molar-refractivity contribution in [3.63, 3.8) is 0 Å². The van der Waals surface area contributed by atoms with Crippen molar-refractivity contribution in [2.45, 2.75) is 25.7 Å². The monoisotopic (exact) mass is 342 g/mol. The molecule has 2 amide bonds. The Morgan fingerprint density at radius 3 is 2.68 bits per heavy atom. The molecule has 0 fully saturated rings. The highest BCUT2D eigenvalue weighted by Gasteiger charge is 2.30. The summed E-state index contributed by atoms with van der Waals surface area (Å²) >= 11 is 0. The Bertz CT molecular complexity index is 840. The molecule has 3 N–H and O–H groups in total. The highest BCUT2D eigenvalue weighted by atomic mass is 16.4. The number of hydrogen-bond donors (Lipinski definition) is 3. The summed E-state index contributed by atoms with van der Waals surface area (Å²) in [5, 5.41) is 14.3. The molecule has 2 aromatic rings. The number of carboxylic acid groups (broad SMARTS) is 1. The molecule has 3 rings (SSSR count). The Morgan fingerprint density at radius 1 is 1.24 bits per heavy atom. The number of rotatable bonds is 6. The number of nitrogens with one attached hydrogen (secondary N) is 2. The van der Waals surface area contributed by atoms with Crippen LogP contribution in [0.5, 0.6) is 0 Å². The third-order valence-corrected chi connectivity index (χ3v) is 4.23. The van der Waals surface area contributed by atoms with Crippen LogP contribution in [0.4, 0.5) is 5.69 Å². The first-order valence-corrected chi connectivity index (χ1v) is 8.04. The lowest BCUT2D eigenvalue weighted by molar-refractivity contribution is -0.117. The quantitative estimate of drug-likeness (QED) is 0.747. The molecule has 1 aromatic carbocycles. The van der Waals surface area contributed by atoms with Gasteiger partial charge < -0.3 is 20.2 Å². The van der Waals surface area contributed by atoms with Gasteiger partial charge in [-0.25, -0.2) is 4.79 Å². The van der Waals surface area contributed by atoms with Gasteiger partial charge in [-0.1, -0.05) is 19.1 Å². The van der Waals surface area contributed by atoms with E-state index >= 15 is 0 Å². The Balaban J connectivity index is 1.61. The van der Waals surface area contributed by atoms with Crippen LogP contribution in [0.1, 0.15) is 51.5 Å². The lowest BCUT2D eigenvalue weighted by atomic mass is 9.95. The number of aryl methyl sites for hydroxylation is 1. The lowest BCUT2D eigenvalue weighted by Gasteiger charge is -2.10. The minimum Gasteiger partial charge on any atom is -0.475 e. The van der Waals surface area contributed by atoms with Crippen LogP contribution in [-0.2, 0) is 11.2 Å². The van der Waals surface area contributed by atoms with Crippen molar-refractivity contribution in [3.05, 3.63) is 53.0 Å². The fraction of sp³-hybridized carbons (Fsp3) is 0.278. The van der Waals surface area contributed by atoms with Crippen molar-refractivity contribution in [2.24, 2.45) is 0 Å². The Hall–Kier alpha value is -3.09. The first kappa shape index (κ1) is 16.8. The topological polar surface area (TPSA) is 109 Å². The van der Waals surface area contributed by atoms with Crippen LogP contribution in [0.25, 0.3) is 0 Å². The van der Waals surface area contributed by atoms with Gasteiger partial charge in [0.15, 0.2) is 5.76 Å². The average Bonchev–Trinajstić information content (AvgIpc) is 3.19. The molecule has 7 nitrogen and oxygen atoms in total. The van der Waals surface area contributed by atoms with E-state index in [1.165, 1.54) is 12.1 Å². The largest absolute Gasteiger partial charge is 0.475 e. The summed E-state index contributed by atoms with van der Waals surface area (Å²) in [5.41, 5.74) is 2.92. The number of furan rings is 1. The van der Waals surface area contributed by atoms with E-state index in [2.05, 4.69) is 17.6 Å². The second-order valence-electron chi connectivity index (χ2n) is 5.83. The Labute approximate surface area is 144 Å². The van der Waals surface area contributed by atoms with Gasteiger partial charge in [0.2, 0.25) is 11.7 Å². The molecule has 0 saturated carbocycles. The first-order valence-electron chi connectivity index (χ1n) is 8.04. The van der Waals surface area contributed by atoms with Gasteiger partial charge in [0.05, 0.1) is 5.92 Å². The molecule has 2 heterocycles. The van der Waals surface area contributed by atoms with Crippen LogP contribution >= 0.6 is 0 Å². The second kappa shape index (κ2) is 6.80. The van der Waals surface area contributed by atoms with E-state index in [-0.39, 0.29) is 29.9 Å². The summed E-state index contributed by atoms with van der Waals surface area (Å²) in [7, 11) is 0. The molecular weight excluding hydrogens is 324 g/mol. The molecule has 7 heteroatoms. The van der Waals surface area contributed by atoms with Gasteiger partial charge in [0.1, 0.15) is 0 Å². The Morgan fingerprint density at radius 2 is 2.00 bits per heavy atom. The number of carboxylic acids is 1.